The first-order valence-corrected chi connectivity index (χ1v) is 12.5. The molecule has 0 spiro atoms. The summed E-state index contributed by atoms with van der Waals surface area (Å²) in [6.45, 7) is 2.26. The average molecular weight is 562 g/mol. The van der Waals surface area contributed by atoms with Gasteiger partial charge in [-0.05, 0) is 53.1 Å². The van der Waals surface area contributed by atoms with E-state index in [1.54, 1.807) is 16.7 Å². The molecule has 9 heteroatoms. The summed E-state index contributed by atoms with van der Waals surface area (Å²) in [7, 11) is 0. The van der Waals surface area contributed by atoms with Crippen molar-refractivity contribution in [2.75, 3.05) is 13.1 Å². The Morgan fingerprint density at radius 2 is 2.05 bits per heavy atom. The lowest BCUT2D eigenvalue weighted by Crippen LogP contribution is -2.34. The van der Waals surface area contributed by atoms with Crippen molar-refractivity contribution in [3.63, 3.8) is 0 Å². The molecule has 4 aromatic rings. The smallest absolute Gasteiger partial charge is 0.326 e. The number of aromatic nitrogens is 2. The van der Waals surface area contributed by atoms with Gasteiger partial charge in [-0.3, -0.25) is 9.47 Å². The van der Waals surface area contributed by atoms with Crippen molar-refractivity contribution in [2.45, 2.75) is 19.5 Å². The molecule has 0 unspecified atom stereocenters. The third-order valence-corrected chi connectivity index (χ3v) is 6.91. The summed E-state index contributed by atoms with van der Waals surface area (Å²) >= 11 is 3.52. The van der Waals surface area contributed by atoms with Gasteiger partial charge in [0.1, 0.15) is 11.9 Å². The molecule has 0 saturated carbocycles. The first kappa shape index (κ1) is 24.8. The summed E-state index contributed by atoms with van der Waals surface area (Å²) < 4.78 is 29.9. The van der Waals surface area contributed by atoms with E-state index in [4.69, 9.17) is 5.26 Å². The Morgan fingerprint density at radius 3 is 2.84 bits per heavy atom. The highest BCUT2D eigenvalue weighted by Crippen LogP contribution is 2.32. The minimum absolute atomic E-state index is 0.0284. The Morgan fingerprint density at radius 1 is 1.19 bits per heavy atom. The Balaban J connectivity index is 1.35. The third kappa shape index (κ3) is 5.31. The highest BCUT2D eigenvalue weighted by Gasteiger charge is 2.26. The zero-order valence-corrected chi connectivity index (χ0v) is 21.3. The van der Waals surface area contributed by atoms with Crippen molar-refractivity contribution in [2.24, 2.45) is 0 Å². The largest absolute Gasteiger partial charge is 0.333 e. The van der Waals surface area contributed by atoms with Gasteiger partial charge in [-0.1, -0.05) is 40.2 Å². The number of nitrogens with one attached hydrogen (secondary N) is 1. The number of amides is 1. The molecule has 6 nitrogen and oxygen atoms in total. The van der Waals surface area contributed by atoms with Crippen LogP contribution in [0.15, 0.2) is 65.3 Å². The van der Waals surface area contributed by atoms with Gasteiger partial charge in [-0.25, -0.2) is 14.2 Å². The van der Waals surface area contributed by atoms with Gasteiger partial charge in [0, 0.05) is 54.3 Å². The lowest BCUT2D eigenvalue weighted by molar-refractivity contribution is 0.240. The average Bonchev–Trinajstić information content (AvgIpc) is 3.20. The summed E-state index contributed by atoms with van der Waals surface area (Å²) in [4.78, 5) is 19.1. The van der Waals surface area contributed by atoms with Crippen LogP contribution in [0.1, 0.15) is 27.9 Å². The van der Waals surface area contributed by atoms with E-state index in [1.165, 1.54) is 24.4 Å². The zero-order chi connectivity index (χ0) is 25.9. The number of fused-ring (bicyclic) bond motifs is 3. The van der Waals surface area contributed by atoms with Crippen molar-refractivity contribution in [3.8, 4) is 6.07 Å². The molecule has 0 aliphatic carbocycles. The lowest BCUT2D eigenvalue weighted by atomic mass is 10.0. The van der Waals surface area contributed by atoms with Crippen LogP contribution in [0.2, 0.25) is 0 Å². The quantitative estimate of drug-likeness (QED) is 0.313. The number of hydrogen-bond donors (Lipinski definition) is 1. The van der Waals surface area contributed by atoms with E-state index in [1.807, 2.05) is 36.4 Å². The van der Waals surface area contributed by atoms with Gasteiger partial charge in [-0.2, -0.15) is 9.65 Å². The fourth-order valence-corrected chi connectivity index (χ4v) is 5.00. The normalized spacial score (nSPS) is 13.6. The van der Waals surface area contributed by atoms with Crippen molar-refractivity contribution in [1.82, 2.24) is 19.8 Å². The van der Waals surface area contributed by atoms with Gasteiger partial charge < -0.3 is 5.32 Å². The van der Waals surface area contributed by atoms with Gasteiger partial charge in [0.25, 0.3) is 0 Å². The molecule has 0 fully saturated rings. The van der Waals surface area contributed by atoms with Crippen LogP contribution in [-0.2, 0) is 19.5 Å². The number of benzene rings is 2. The van der Waals surface area contributed by atoms with Gasteiger partial charge >= 0.3 is 6.03 Å². The maximum absolute atomic E-state index is 13.9. The van der Waals surface area contributed by atoms with E-state index in [0.29, 0.717) is 30.6 Å². The van der Waals surface area contributed by atoms with E-state index < -0.39 is 11.8 Å². The SMILES string of the molecule is N#Cc1ccc(/C=C/CN2CCc3c(c4ccc(Br)cc4n3C(=O)NCc3ccnc(F)c3)C2)cc1F. The molecule has 0 radical (unpaired) electrons. The van der Waals surface area contributed by atoms with Crippen molar-refractivity contribution in [3.05, 3.63) is 105 Å². The highest BCUT2D eigenvalue weighted by atomic mass is 79.9. The topological polar surface area (TPSA) is 74.0 Å². The molecule has 2 aromatic heterocycles. The number of halogens is 3. The molecule has 1 aliphatic rings. The number of carbonyl (C=O) groups is 1. The van der Waals surface area contributed by atoms with E-state index in [2.05, 4.69) is 31.1 Å². The number of nitrogens with zero attached hydrogens (tertiary/aromatic N) is 4. The molecule has 0 bridgehead atoms. The first-order valence-electron chi connectivity index (χ1n) is 11.7. The standard InChI is InChI=1S/C28H22BrF2N5O/c29-21-5-6-22-23-17-35(10-1-2-18-3-4-20(15-32)24(30)12-18)11-8-25(23)36(26(22)14-21)28(37)34-16-19-7-9-33-27(31)13-19/h1-7,9,12-14H,8,10-11,16-17H2,(H,34,37)/b2-1+. The highest BCUT2D eigenvalue weighted by molar-refractivity contribution is 9.10. The van der Waals surface area contributed by atoms with Crippen molar-refractivity contribution in [1.29, 1.82) is 5.26 Å². The molecule has 1 amide bonds. The van der Waals surface area contributed by atoms with Crippen LogP contribution >= 0.6 is 15.9 Å². The monoisotopic (exact) mass is 561 g/mol. The van der Waals surface area contributed by atoms with E-state index in [9.17, 15) is 13.6 Å². The van der Waals surface area contributed by atoms with Crippen molar-refractivity contribution < 1.29 is 13.6 Å². The Bertz CT molecular complexity index is 1570. The van der Waals surface area contributed by atoms with Crippen LogP contribution in [0.3, 0.4) is 0 Å². The third-order valence-electron chi connectivity index (χ3n) is 6.42. The second-order valence-electron chi connectivity index (χ2n) is 8.81. The second-order valence-corrected chi connectivity index (χ2v) is 9.72. The molecule has 0 saturated heterocycles. The summed E-state index contributed by atoms with van der Waals surface area (Å²) in [5.74, 6) is -1.11. The predicted molar refractivity (Wildman–Crippen MR) is 141 cm³/mol. The van der Waals surface area contributed by atoms with Crippen LogP contribution in [-0.4, -0.2) is 33.6 Å². The molecule has 0 atom stereocenters. The molecule has 37 heavy (non-hydrogen) atoms. The number of pyridine rings is 1. The summed E-state index contributed by atoms with van der Waals surface area (Å²) in [6.07, 6.45) is 5.87. The summed E-state index contributed by atoms with van der Waals surface area (Å²) in [6, 6.07) is 15.0. The Kier molecular flexibility index (Phi) is 7.12. The predicted octanol–water partition coefficient (Wildman–Crippen LogP) is 5.78. The molecular formula is C28H22BrF2N5O. The second kappa shape index (κ2) is 10.6. The van der Waals surface area contributed by atoms with Gasteiger partial charge in [0.15, 0.2) is 0 Å². The zero-order valence-electron chi connectivity index (χ0n) is 19.7. The van der Waals surface area contributed by atoms with Crippen LogP contribution in [0.5, 0.6) is 0 Å². The van der Waals surface area contributed by atoms with Crippen LogP contribution in [0.25, 0.3) is 17.0 Å². The molecule has 5 rings (SSSR count). The molecule has 2 aromatic carbocycles. The number of carbonyl (C=O) groups excluding carboxylic acids is 1. The number of rotatable bonds is 5. The van der Waals surface area contributed by atoms with Gasteiger partial charge in [0.05, 0.1) is 11.1 Å². The maximum atomic E-state index is 13.9. The Hall–Kier alpha value is -3.87. The summed E-state index contributed by atoms with van der Waals surface area (Å²) in [5.41, 5.74) is 4.22. The Labute approximate surface area is 221 Å². The minimum atomic E-state index is -0.585. The van der Waals surface area contributed by atoms with E-state index in [-0.39, 0.29) is 18.1 Å². The lowest BCUT2D eigenvalue weighted by Gasteiger charge is -2.27. The van der Waals surface area contributed by atoms with Crippen LogP contribution in [0.4, 0.5) is 13.6 Å². The van der Waals surface area contributed by atoms with Gasteiger partial charge in [0.2, 0.25) is 5.95 Å². The fourth-order valence-electron chi connectivity index (χ4n) is 4.65. The summed E-state index contributed by atoms with van der Waals surface area (Å²) in [5, 5.41) is 12.8. The molecule has 186 valence electrons. The molecule has 1 N–H and O–H groups in total. The number of hydrogen-bond acceptors (Lipinski definition) is 4. The molecule has 1 aliphatic heterocycles. The molecule has 3 heterocycles. The van der Waals surface area contributed by atoms with Crippen LogP contribution < -0.4 is 5.32 Å². The minimum Gasteiger partial charge on any atom is -0.333 e. The van der Waals surface area contributed by atoms with Crippen molar-refractivity contribution >= 4 is 38.9 Å². The van der Waals surface area contributed by atoms with Gasteiger partial charge in [-0.15, -0.1) is 0 Å². The molecular weight excluding hydrogens is 540 g/mol. The maximum Gasteiger partial charge on any atom is 0.326 e. The first-order chi connectivity index (χ1) is 17.9. The fraction of sp³-hybridized carbons (Fsp3) is 0.179. The van der Waals surface area contributed by atoms with Crippen LogP contribution in [0, 0.1) is 23.1 Å². The van der Waals surface area contributed by atoms with E-state index in [0.717, 1.165) is 33.2 Å². The van der Waals surface area contributed by atoms with E-state index >= 15 is 0 Å². The number of nitriles is 1.